The molecule has 0 spiro atoms. The van der Waals surface area contributed by atoms with Crippen LogP contribution in [0.2, 0.25) is 0 Å². The van der Waals surface area contributed by atoms with Crippen LogP contribution >= 0.6 is 0 Å². The third-order valence-electron chi connectivity index (χ3n) is 3.53. The summed E-state index contributed by atoms with van der Waals surface area (Å²) in [4.78, 5) is 23.0. The smallest absolute Gasteiger partial charge is 0.255 e. The van der Waals surface area contributed by atoms with Crippen molar-refractivity contribution in [3.8, 4) is 11.1 Å². The lowest BCUT2D eigenvalue weighted by Crippen LogP contribution is -2.12. The van der Waals surface area contributed by atoms with Gasteiger partial charge in [-0.2, -0.15) is 0 Å². The molecule has 0 heterocycles. The number of carbonyl (C=O) groups is 2. The lowest BCUT2D eigenvalue weighted by molar-refractivity contribution is 0.102. The zero-order chi connectivity index (χ0) is 16.1. The highest BCUT2D eigenvalue weighted by molar-refractivity contribution is 6.05. The Kier molecular flexibility index (Phi) is 4.29. The largest absolute Gasteiger partial charge is 0.322 e. The number of anilines is 1. The van der Waals surface area contributed by atoms with E-state index in [1.165, 1.54) is 0 Å². The standard InChI is InChI=1S/C20H15NO2/c22-14-15-5-4-8-18(13-15)20(23)21-19-11-9-17(10-12-19)16-6-2-1-3-7-16/h1-14H,(H,21,23). The molecule has 23 heavy (non-hydrogen) atoms. The van der Waals surface area contributed by atoms with E-state index < -0.39 is 0 Å². The fourth-order valence-electron chi connectivity index (χ4n) is 2.33. The molecule has 0 fully saturated rings. The Labute approximate surface area is 134 Å². The Morgan fingerprint density at radius 3 is 2.17 bits per heavy atom. The number of amides is 1. The van der Waals surface area contributed by atoms with E-state index in [9.17, 15) is 9.59 Å². The fraction of sp³-hybridized carbons (Fsp3) is 0. The summed E-state index contributed by atoms with van der Waals surface area (Å²) in [5, 5.41) is 2.83. The average Bonchev–Trinajstić information content (AvgIpc) is 2.63. The highest BCUT2D eigenvalue weighted by Gasteiger charge is 2.07. The minimum Gasteiger partial charge on any atom is -0.322 e. The van der Waals surface area contributed by atoms with Gasteiger partial charge in [0, 0.05) is 16.8 Å². The number of aldehydes is 1. The molecular formula is C20H15NO2. The highest BCUT2D eigenvalue weighted by Crippen LogP contribution is 2.21. The first-order valence-corrected chi connectivity index (χ1v) is 7.28. The molecule has 0 aliphatic heterocycles. The van der Waals surface area contributed by atoms with Crippen LogP contribution in [0, 0.1) is 0 Å². The van der Waals surface area contributed by atoms with Gasteiger partial charge in [-0.25, -0.2) is 0 Å². The highest BCUT2D eigenvalue weighted by atomic mass is 16.1. The number of benzene rings is 3. The van der Waals surface area contributed by atoms with Crippen molar-refractivity contribution in [1.82, 2.24) is 0 Å². The zero-order valence-electron chi connectivity index (χ0n) is 12.4. The molecule has 0 aliphatic carbocycles. The zero-order valence-corrected chi connectivity index (χ0v) is 12.4. The van der Waals surface area contributed by atoms with E-state index in [4.69, 9.17) is 0 Å². The molecule has 0 aliphatic rings. The van der Waals surface area contributed by atoms with Crippen LogP contribution in [0.4, 0.5) is 5.69 Å². The number of nitrogens with one attached hydrogen (secondary N) is 1. The SMILES string of the molecule is O=Cc1cccc(C(=O)Nc2ccc(-c3ccccc3)cc2)c1. The topological polar surface area (TPSA) is 46.2 Å². The van der Waals surface area contributed by atoms with E-state index in [0.717, 1.165) is 17.4 Å². The molecule has 3 aromatic rings. The maximum atomic E-state index is 12.2. The Hall–Kier alpha value is -3.20. The third-order valence-corrected chi connectivity index (χ3v) is 3.53. The van der Waals surface area contributed by atoms with Gasteiger partial charge in [0.15, 0.2) is 0 Å². The van der Waals surface area contributed by atoms with Gasteiger partial charge in [0.1, 0.15) is 6.29 Å². The predicted molar refractivity (Wildman–Crippen MR) is 91.7 cm³/mol. The summed E-state index contributed by atoms with van der Waals surface area (Å²) in [7, 11) is 0. The molecule has 0 aromatic heterocycles. The molecule has 3 rings (SSSR count). The van der Waals surface area contributed by atoms with Gasteiger partial charge in [0.25, 0.3) is 5.91 Å². The predicted octanol–water partition coefficient (Wildman–Crippen LogP) is 4.42. The summed E-state index contributed by atoms with van der Waals surface area (Å²) >= 11 is 0. The Balaban J connectivity index is 1.75. The van der Waals surface area contributed by atoms with Crippen LogP contribution in [0.25, 0.3) is 11.1 Å². The molecule has 0 saturated heterocycles. The summed E-state index contributed by atoms with van der Waals surface area (Å²) in [6.45, 7) is 0. The monoisotopic (exact) mass is 301 g/mol. The molecule has 3 nitrogen and oxygen atoms in total. The summed E-state index contributed by atoms with van der Waals surface area (Å²) in [6, 6.07) is 24.3. The van der Waals surface area contributed by atoms with Gasteiger partial charge in [-0.05, 0) is 35.4 Å². The second kappa shape index (κ2) is 6.71. The van der Waals surface area contributed by atoms with E-state index in [1.807, 2.05) is 54.6 Å². The van der Waals surface area contributed by atoms with E-state index in [2.05, 4.69) is 5.32 Å². The first-order chi connectivity index (χ1) is 11.3. The number of hydrogen-bond donors (Lipinski definition) is 1. The first kappa shape index (κ1) is 14.7. The Morgan fingerprint density at radius 1 is 0.783 bits per heavy atom. The Morgan fingerprint density at radius 2 is 1.48 bits per heavy atom. The maximum absolute atomic E-state index is 12.2. The fourth-order valence-corrected chi connectivity index (χ4v) is 2.33. The quantitative estimate of drug-likeness (QED) is 0.725. The van der Waals surface area contributed by atoms with Crippen molar-refractivity contribution in [3.05, 3.63) is 90.0 Å². The van der Waals surface area contributed by atoms with Crippen molar-refractivity contribution >= 4 is 17.9 Å². The van der Waals surface area contributed by atoms with Crippen LogP contribution < -0.4 is 5.32 Å². The van der Waals surface area contributed by atoms with Crippen molar-refractivity contribution in [2.24, 2.45) is 0 Å². The maximum Gasteiger partial charge on any atom is 0.255 e. The van der Waals surface area contributed by atoms with Crippen LogP contribution in [-0.4, -0.2) is 12.2 Å². The van der Waals surface area contributed by atoms with Gasteiger partial charge in [-0.1, -0.05) is 54.6 Å². The van der Waals surface area contributed by atoms with Crippen LogP contribution in [-0.2, 0) is 0 Å². The molecule has 1 N–H and O–H groups in total. The van der Waals surface area contributed by atoms with Gasteiger partial charge in [0.05, 0.1) is 0 Å². The average molecular weight is 301 g/mol. The lowest BCUT2D eigenvalue weighted by Gasteiger charge is -2.07. The molecule has 3 heteroatoms. The molecule has 3 aromatic carbocycles. The van der Waals surface area contributed by atoms with Gasteiger partial charge < -0.3 is 5.32 Å². The molecule has 0 bridgehead atoms. The van der Waals surface area contributed by atoms with Crippen LogP contribution in [0.1, 0.15) is 20.7 Å². The number of hydrogen-bond acceptors (Lipinski definition) is 2. The number of carbonyl (C=O) groups excluding carboxylic acids is 2. The molecule has 112 valence electrons. The van der Waals surface area contributed by atoms with E-state index in [0.29, 0.717) is 16.8 Å². The van der Waals surface area contributed by atoms with Crippen molar-refractivity contribution in [1.29, 1.82) is 0 Å². The van der Waals surface area contributed by atoms with Crippen LogP contribution in [0.5, 0.6) is 0 Å². The van der Waals surface area contributed by atoms with Crippen molar-refractivity contribution in [3.63, 3.8) is 0 Å². The minimum atomic E-state index is -0.235. The molecule has 0 unspecified atom stereocenters. The van der Waals surface area contributed by atoms with Crippen molar-refractivity contribution in [2.45, 2.75) is 0 Å². The lowest BCUT2D eigenvalue weighted by atomic mass is 10.1. The molecule has 1 amide bonds. The Bertz CT molecular complexity index is 824. The van der Waals surface area contributed by atoms with E-state index >= 15 is 0 Å². The molecular weight excluding hydrogens is 286 g/mol. The summed E-state index contributed by atoms with van der Waals surface area (Å²) in [6.07, 6.45) is 0.728. The third kappa shape index (κ3) is 3.52. The normalized spacial score (nSPS) is 10.1. The van der Waals surface area contributed by atoms with Crippen molar-refractivity contribution in [2.75, 3.05) is 5.32 Å². The van der Waals surface area contributed by atoms with Gasteiger partial charge in [-0.15, -0.1) is 0 Å². The molecule has 0 atom stereocenters. The first-order valence-electron chi connectivity index (χ1n) is 7.28. The van der Waals surface area contributed by atoms with Gasteiger partial charge >= 0.3 is 0 Å². The van der Waals surface area contributed by atoms with Crippen LogP contribution in [0.3, 0.4) is 0 Å². The van der Waals surface area contributed by atoms with Gasteiger partial charge in [0.2, 0.25) is 0 Å². The second-order valence-electron chi connectivity index (χ2n) is 5.14. The molecule has 0 saturated carbocycles. The number of rotatable bonds is 4. The summed E-state index contributed by atoms with van der Waals surface area (Å²) < 4.78 is 0. The second-order valence-corrected chi connectivity index (χ2v) is 5.14. The van der Waals surface area contributed by atoms with Crippen molar-refractivity contribution < 1.29 is 9.59 Å². The minimum absolute atomic E-state index is 0.235. The molecule has 0 radical (unpaired) electrons. The van der Waals surface area contributed by atoms with Gasteiger partial charge in [-0.3, -0.25) is 9.59 Å². The van der Waals surface area contributed by atoms with Crippen LogP contribution in [0.15, 0.2) is 78.9 Å². The summed E-state index contributed by atoms with van der Waals surface area (Å²) in [5.41, 5.74) is 3.88. The summed E-state index contributed by atoms with van der Waals surface area (Å²) in [5.74, 6) is -0.235. The van der Waals surface area contributed by atoms with E-state index in [1.54, 1.807) is 24.3 Å². The van der Waals surface area contributed by atoms with E-state index in [-0.39, 0.29) is 5.91 Å².